The molecule has 0 bridgehead atoms. The van der Waals surface area contributed by atoms with Gasteiger partial charge in [-0.2, -0.15) is 0 Å². The fraction of sp³-hybridized carbons (Fsp3) is 0.562. The number of nitrogens with zero attached hydrogens (tertiary/aromatic N) is 2. The van der Waals surface area contributed by atoms with E-state index >= 15 is 0 Å². The van der Waals surface area contributed by atoms with Gasteiger partial charge in [-0.15, -0.1) is 0 Å². The van der Waals surface area contributed by atoms with Crippen molar-refractivity contribution in [3.05, 3.63) is 59.7 Å². The van der Waals surface area contributed by atoms with Gasteiger partial charge < -0.3 is 19.3 Å². The highest BCUT2D eigenvalue weighted by molar-refractivity contribution is 5.98. The minimum atomic E-state index is -0.0777. The van der Waals surface area contributed by atoms with Gasteiger partial charge in [0, 0.05) is 36.1 Å². The molecule has 0 unspecified atom stereocenters. The lowest BCUT2D eigenvalue weighted by Gasteiger charge is -2.22. The van der Waals surface area contributed by atoms with E-state index in [9.17, 15) is 9.59 Å². The van der Waals surface area contributed by atoms with Crippen molar-refractivity contribution in [3.8, 4) is 11.5 Å². The van der Waals surface area contributed by atoms with Crippen LogP contribution in [0.3, 0.4) is 0 Å². The van der Waals surface area contributed by atoms with Gasteiger partial charge in [0.05, 0.1) is 13.2 Å². The fourth-order valence-corrected chi connectivity index (χ4v) is 4.62. The van der Waals surface area contributed by atoms with E-state index in [1.807, 2.05) is 76.7 Å². The molecule has 38 heavy (non-hydrogen) atoms. The number of benzene rings is 2. The van der Waals surface area contributed by atoms with Crippen LogP contribution in [-0.4, -0.2) is 75.9 Å². The third-order valence-electron chi connectivity index (χ3n) is 6.49. The number of hydrogen-bond donors (Lipinski definition) is 0. The molecule has 0 amide bonds. The Morgan fingerprint density at radius 1 is 0.632 bits per heavy atom. The van der Waals surface area contributed by atoms with Crippen LogP contribution in [0, 0.1) is 11.8 Å². The summed E-state index contributed by atoms with van der Waals surface area (Å²) in [7, 11) is 8.03. The van der Waals surface area contributed by atoms with E-state index in [4.69, 9.17) is 9.47 Å². The molecule has 0 aliphatic rings. The number of ether oxygens (including phenoxy) is 2. The summed E-state index contributed by atoms with van der Waals surface area (Å²) in [6.07, 6.45) is 5.32. The first-order valence-electron chi connectivity index (χ1n) is 14.1. The molecule has 210 valence electrons. The molecule has 6 heteroatoms. The molecule has 0 fully saturated rings. The Hall–Kier alpha value is -2.70. The quantitative estimate of drug-likeness (QED) is 0.160. The van der Waals surface area contributed by atoms with Crippen molar-refractivity contribution in [3.63, 3.8) is 0 Å². The van der Waals surface area contributed by atoms with Crippen LogP contribution in [-0.2, 0) is 0 Å². The van der Waals surface area contributed by atoms with Crippen molar-refractivity contribution in [2.45, 2.75) is 52.4 Å². The first-order valence-corrected chi connectivity index (χ1v) is 14.1. The van der Waals surface area contributed by atoms with Crippen LogP contribution < -0.4 is 9.47 Å². The highest BCUT2D eigenvalue weighted by Gasteiger charge is 2.23. The third kappa shape index (κ3) is 11.0. The summed E-state index contributed by atoms with van der Waals surface area (Å²) in [6.45, 7) is 6.91. The fourth-order valence-electron chi connectivity index (χ4n) is 4.62. The molecule has 0 radical (unpaired) electrons. The second-order valence-corrected chi connectivity index (χ2v) is 10.7. The van der Waals surface area contributed by atoms with Crippen molar-refractivity contribution in [1.29, 1.82) is 0 Å². The van der Waals surface area contributed by atoms with Crippen LogP contribution in [0.1, 0.15) is 73.1 Å². The minimum Gasteiger partial charge on any atom is -0.494 e. The number of unbranched alkanes of at least 4 members (excludes halogenated alkanes) is 1. The smallest absolute Gasteiger partial charge is 0.167 e. The van der Waals surface area contributed by atoms with E-state index in [0.29, 0.717) is 26.3 Å². The van der Waals surface area contributed by atoms with Gasteiger partial charge in [-0.1, -0.05) is 26.7 Å². The molecule has 0 saturated carbocycles. The number of ketones is 2. The third-order valence-corrected chi connectivity index (χ3v) is 6.49. The normalized spacial score (nSPS) is 12.9. The van der Waals surface area contributed by atoms with Crippen LogP contribution in [0.4, 0.5) is 0 Å². The Labute approximate surface area is 230 Å². The van der Waals surface area contributed by atoms with E-state index in [-0.39, 0.29) is 23.4 Å². The summed E-state index contributed by atoms with van der Waals surface area (Å²) in [5, 5.41) is 0. The molecule has 2 atom stereocenters. The summed E-state index contributed by atoms with van der Waals surface area (Å²) < 4.78 is 11.3. The lowest BCUT2D eigenvalue weighted by atomic mass is 9.88. The Balaban J connectivity index is 1.97. The van der Waals surface area contributed by atoms with Crippen molar-refractivity contribution >= 4 is 11.6 Å². The number of rotatable bonds is 19. The van der Waals surface area contributed by atoms with E-state index in [2.05, 4.69) is 23.6 Å². The van der Waals surface area contributed by atoms with Crippen molar-refractivity contribution in [2.75, 3.05) is 54.5 Å². The van der Waals surface area contributed by atoms with Crippen LogP contribution in [0.15, 0.2) is 48.5 Å². The molecule has 0 aliphatic carbocycles. The van der Waals surface area contributed by atoms with E-state index in [1.54, 1.807) is 0 Å². The van der Waals surface area contributed by atoms with Crippen molar-refractivity contribution in [1.82, 2.24) is 9.80 Å². The van der Waals surface area contributed by atoms with Crippen LogP contribution in [0.2, 0.25) is 0 Å². The van der Waals surface area contributed by atoms with Gasteiger partial charge in [-0.25, -0.2) is 0 Å². The number of Topliss-reactive ketones (excluding diaryl/α,β-unsaturated/α-hetero) is 2. The van der Waals surface area contributed by atoms with Crippen LogP contribution in [0.25, 0.3) is 0 Å². The molecule has 2 rings (SSSR count). The summed E-state index contributed by atoms with van der Waals surface area (Å²) in [6, 6.07) is 15.0. The lowest BCUT2D eigenvalue weighted by Crippen LogP contribution is -2.29. The standard InChI is InChI=1S/C32H48N2O4/c1-7-21-37-29-17-13-25(14-18-29)31(35)27(23-33(3)4)11-9-10-12-28(24-34(5)6)32(36)26-15-19-30(20-16-26)38-22-8-2/h13-20,27-28H,7-12,21-24H2,1-6H3/t27-,28+. The topological polar surface area (TPSA) is 59.1 Å². The summed E-state index contributed by atoms with van der Waals surface area (Å²) in [5.74, 6) is 1.79. The number of carbonyl (C=O) groups is 2. The second-order valence-electron chi connectivity index (χ2n) is 10.7. The SMILES string of the molecule is CCCOc1ccc(C(=O)[C@H](CCCC[C@@H](CN(C)C)C(=O)c2ccc(OCCC)cc2)CN(C)C)cc1. The number of carbonyl (C=O) groups excluding carboxylic acids is 2. The maximum Gasteiger partial charge on any atom is 0.167 e. The van der Waals surface area contributed by atoms with Gasteiger partial charge >= 0.3 is 0 Å². The van der Waals surface area contributed by atoms with Crippen molar-refractivity contribution in [2.24, 2.45) is 11.8 Å². The highest BCUT2D eigenvalue weighted by atomic mass is 16.5. The molecule has 0 heterocycles. The Bertz CT molecular complexity index is 875. The van der Waals surface area contributed by atoms with Crippen LogP contribution in [0.5, 0.6) is 11.5 Å². The zero-order valence-corrected chi connectivity index (χ0v) is 24.4. The second kappa shape index (κ2) is 17.0. The largest absolute Gasteiger partial charge is 0.494 e. The van der Waals surface area contributed by atoms with Crippen molar-refractivity contribution < 1.29 is 19.1 Å². The monoisotopic (exact) mass is 524 g/mol. The van der Waals surface area contributed by atoms with E-state index in [0.717, 1.165) is 61.2 Å². The summed E-state index contributed by atoms with van der Waals surface area (Å²) >= 11 is 0. The zero-order chi connectivity index (χ0) is 27.9. The number of hydrogen-bond acceptors (Lipinski definition) is 6. The predicted octanol–water partition coefficient (Wildman–Crippen LogP) is 6.25. The Morgan fingerprint density at radius 2 is 0.974 bits per heavy atom. The molecule has 6 nitrogen and oxygen atoms in total. The minimum absolute atomic E-state index is 0.0777. The molecular weight excluding hydrogens is 476 g/mol. The molecule has 2 aromatic carbocycles. The zero-order valence-electron chi connectivity index (χ0n) is 24.4. The van der Waals surface area contributed by atoms with E-state index in [1.165, 1.54) is 0 Å². The van der Waals surface area contributed by atoms with Gasteiger partial charge in [-0.3, -0.25) is 9.59 Å². The van der Waals surface area contributed by atoms with Gasteiger partial charge in [0.25, 0.3) is 0 Å². The van der Waals surface area contributed by atoms with Gasteiger partial charge in [-0.05, 0) is 102 Å². The Morgan fingerprint density at radius 3 is 1.26 bits per heavy atom. The van der Waals surface area contributed by atoms with Crippen LogP contribution >= 0.6 is 0 Å². The van der Waals surface area contributed by atoms with E-state index < -0.39 is 0 Å². The summed E-state index contributed by atoms with van der Waals surface area (Å²) in [5.41, 5.74) is 1.46. The van der Waals surface area contributed by atoms with Gasteiger partial charge in [0.1, 0.15) is 11.5 Å². The molecule has 0 spiro atoms. The average Bonchev–Trinajstić information content (AvgIpc) is 2.91. The molecule has 0 aliphatic heterocycles. The average molecular weight is 525 g/mol. The van der Waals surface area contributed by atoms with Gasteiger partial charge in [0.2, 0.25) is 0 Å². The lowest BCUT2D eigenvalue weighted by molar-refractivity contribution is 0.0867. The highest BCUT2D eigenvalue weighted by Crippen LogP contribution is 2.23. The first kappa shape index (κ1) is 31.5. The molecule has 2 aromatic rings. The molecular formula is C32H48N2O4. The molecule has 0 saturated heterocycles. The first-order chi connectivity index (χ1) is 18.2. The molecule has 0 N–H and O–H groups in total. The summed E-state index contributed by atoms with van der Waals surface area (Å²) in [4.78, 5) is 30.8. The predicted molar refractivity (Wildman–Crippen MR) is 156 cm³/mol. The maximum atomic E-state index is 13.3. The molecule has 0 aromatic heterocycles. The maximum absolute atomic E-state index is 13.3. The van der Waals surface area contributed by atoms with Gasteiger partial charge in [0.15, 0.2) is 11.6 Å². The Kier molecular flexibility index (Phi) is 14.1.